The number of carbonyl (C=O) groups is 1. The minimum Gasteiger partial charge on any atom is -0.334 e. The van der Waals surface area contributed by atoms with Crippen LogP contribution in [0.15, 0.2) is 24.7 Å². The van der Waals surface area contributed by atoms with E-state index in [4.69, 9.17) is 0 Å². The number of carbonyl (C=O) groups excluding carboxylic acids is 1. The fourth-order valence-corrected chi connectivity index (χ4v) is 5.13. The van der Waals surface area contributed by atoms with Crippen molar-refractivity contribution in [1.82, 2.24) is 24.6 Å². The Morgan fingerprint density at radius 2 is 2.04 bits per heavy atom. The molecule has 2 aromatic rings. The zero-order chi connectivity index (χ0) is 18.3. The SMILES string of the molecule is CC(C)C1N(C(=O)c2cccnc2-c2nncn2C)CC12CCCCC2. The lowest BCUT2D eigenvalue weighted by Gasteiger charge is -2.61. The minimum atomic E-state index is 0.0750. The van der Waals surface area contributed by atoms with Crippen LogP contribution >= 0.6 is 0 Å². The van der Waals surface area contributed by atoms with Gasteiger partial charge in [-0.25, -0.2) is 0 Å². The summed E-state index contributed by atoms with van der Waals surface area (Å²) >= 11 is 0. The van der Waals surface area contributed by atoms with Crippen LogP contribution in [0.5, 0.6) is 0 Å². The summed E-state index contributed by atoms with van der Waals surface area (Å²) in [6.45, 7) is 5.36. The van der Waals surface area contributed by atoms with Crippen LogP contribution in [-0.4, -0.2) is 43.1 Å². The van der Waals surface area contributed by atoms with Crippen molar-refractivity contribution in [1.29, 1.82) is 0 Å². The Labute approximate surface area is 154 Å². The van der Waals surface area contributed by atoms with Gasteiger partial charge in [0.25, 0.3) is 5.91 Å². The van der Waals surface area contributed by atoms with E-state index in [1.807, 2.05) is 19.2 Å². The first kappa shape index (κ1) is 17.2. The van der Waals surface area contributed by atoms with Crippen molar-refractivity contribution < 1.29 is 4.79 Å². The Kier molecular flexibility index (Phi) is 4.29. The smallest absolute Gasteiger partial charge is 0.256 e. The Morgan fingerprint density at radius 1 is 1.27 bits per heavy atom. The van der Waals surface area contributed by atoms with Gasteiger partial charge in [0.2, 0.25) is 0 Å². The van der Waals surface area contributed by atoms with Gasteiger partial charge >= 0.3 is 0 Å². The summed E-state index contributed by atoms with van der Waals surface area (Å²) < 4.78 is 1.80. The largest absolute Gasteiger partial charge is 0.334 e. The van der Waals surface area contributed by atoms with E-state index in [-0.39, 0.29) is 5.91 Å². The minimum absolute atomic E-state index is 0.0750. The molecule has 2 aromatic heterocycles. The molecule has 3 heterocycles. The number of rotatable bonds is 3. The number of hydrogen-bond donors (Lipinski definition) is 0. The standard InChI is InChI=1S/C20H27N5O/c1-14(2)17-20(9-5-4-6-10-20)12-25(17)19(26)15-8-7-11-21-16(15)18-23-22-13-24(18)3/h7-8,11,13-14,17H,4-6,9-10,12H2,1-3H3. The lowest BCUT2D eigenvalue weighted by Crippen LogP contribution is -2.68. The Morgan fingerprint density at radius 3 is 2.69 bits per heavy atom. The van der Waals surface area contributed by atoms with E-state index < -0.39 is 0 Å². The molecule has 0 aromatic carbocycles. The number of nitrogens with zero attached hydrogens (tertiary/aromatic N) is 5. The molecule has 0 radical (unpaired) electrons. The number of pyridine rings is 1. The lowest BCUT2D eigenvalue weighted by molar-refractivity contribution is -0.0942. The highest BCUT2D eigenvalue weighted by atomic mass is 16.2. The third-order valence-corrected chi connectivity index (χ3v) is 6.15. The fourth-order valence-electron chi connectivity index (χ4n) is 5.13. The first-order chi connectivity index (χ1) is 12.5. The number of aryl methyl sites for hydroxylation is 1. The molecule has 1 amide bonds. The molecule has 0 bridgehead atoms. The van der Waals surface area contributed by atoms with Gasteiger partial charge in [-0.2, -0.15) is 0 Å². The second kappa shape index (κ2) is 6.49. The van der Waals surface area contributed by atoms with Gasteiger partial charge in [0.15, 0.2) is 5.82 Å². The molecule has 2 aliphatic rings. The van der Waals surface area contributed by atoms with Crippen LogP contribution in [0.2, 0.25) is 0 Å². The summed E-state index contributed by atoms with van der Waals surface area (Å²) in [5, 5.41) is 8.09. The lowest BCUT2D eigenvalue weighted by atomic mass is 9.59. The van der Waals surface area contributed by atoms with Crippen molar-refractivity contribution >= 4 is 5.91 Å². The molecule has 6 heteroatoms. The molecule has 138 valence electrons. The van der Waals surface area contributed by atoms with E-state index >= 15 is 0 Å². The highest BCUT2D eigenvalue weighted by molar-refractivity contribution is 6.00. The van der Waals surface area contributed by atoms with Crippen molar-refractivity contribution in [3.8, 4) is 11.5 Å². The molecule has 26 heavy (non-hydrogen) atoms. The molecule has 1 aliphatic carbocycles. The summed E-state index contributed by atoms with van der Waals surface area (Å²) in [5.74, 6) is 1.16. The van der Waals surface area contributed by atoms with Gasteiger partial charge in [-0.1, -0.05) is 33.1 Å². The van der Waals surface area contributed by atoms with E-state index in [0.717, 1.165) is 6.54 Å². The second-order valence-corrected chi connectivity index (χ2v) is 8.21. The Hall–Kier alpha value is -2.24. The molecular formula is C20H27N5O. The molecule has 1 saturated carbocycles. The molecule has 4 rings (SSSR count). The average Bonchev–Trinajstić information content (AvgIpc) is 3.05. The number of likely N-dealkylation sites (tertiary alicyclic amines) is 1. The molecule has 0 N–H and O–H groups in total. The normalized spacial score (nSPS) is 21.8. The predicted octanol–water partition coefficient (Wildman–Crippen LogP) is 3.31. The van der Waals surface area contributed by atoms with Crippen molar-refractivity contribution in [2.45, 2.75) is 52.0 Å². The van der Waals surface area contributed by atoms with E-state index in [1.165, 1.54) is 32.1 Å². The number of aromatic nitrogens is 4. The van der Waals surface area contributed by atoms with E-state index in [2.05, 4.69) is 33.9 Å². The first-order valence-corrected chi connectivity index (χ1v) is 9.64. The van der Waals surface area contributed by atoms with Crippen LogP contribution < -0.4 is 0 Å². The molecule has 6 nitrogen and oxygen atoms in total. The monoisotopic (exact) mass is 353 g/mol. The third kappa shape index (κ3) is 2.63. The maximum Gasteiger partial charge on any atom is 0.256 e. The van der Waals surface area contributed by atoms with Crippen molar-refractivity contribution in [3.05, 3.63) is 30.2 Å². The van der Waals surface area contributed by atoms with Crippen LogP contribution in [0.25, 0.3) is 11.5 Å². The van der Waals surface area contributed by atoms with Crippen molar-refractivity contribution in [2.75, 3.05) is 6.54 Å². The Balaban J connectivity index is 1.66. The molecule has 1 unspecified atom stereocenters. The summed E-state index contributed by atoms with van der Waals surface area (Å²) in [5.41, 5.74) is 1.57. The van der Waals surface area contributed by atoms with Gasteiger partial charge in [-0.3, -0.25) is 9.78 Å². The van der Waals surface area contributed by atoms with Crippen LogP contribution in [0, 0.1) is 11.3 Å². The van der Waals surface area contributed by atoms with Crippen LogP contribution in [0.1, 0.15) is 56.3 Å². The second-order valence-electron chi connectivity index (χ2n) is 8.21. The van der Waals surface area contributed by atoms with Gasteiger partial charge in [-0.15, -0.1) is 10.2 Å². The van der Waals surface area contributed by atoms with Crippen LogP contribution in [-0.2, 0) is 7.05 Å². The highest BCUT2D eigenvalue weighted by Crippen LogP contribution is 2.52. The molecule has 1 spiro atoms. The average molecular weight is 353 g/mol. The summed E-state index contributed by atoms with van der Waals surface area (Å²) in [4.78, 5) is 19.9. The maximum absolute atomic E-state index is 13.4. The topological polar surface area (TPSA) is 63.9 Å². The van der Waals surface area contributed by atoms with Gasteiger partial charge in [-0.05, 0) is 30.9 Å². The summed E-state index contributed by atoms with van der Waals surface area (Å²) in [6, 6.07) is 4.01. The number of hydrogen-bond acceptors (Lipinski definition) is 4. The predicted molar refractivity (Wildman–Crippen MR) is 99.4 cm³/mol. The van der Waals surface area contributed by atoms with Crippen LogP contribution in [0.4, 0.5) is 0 Å². The van der Waals surface area contributed by atoms with E-state index in [0.29, 0.717) is 34.5 Å². The van der Waals surface area contributed by atoms with Crippen LogP contribution in [0.3, 0.4) is 0 Å². The quantitative estimate of drug-likeness (QED) is 0.849. The van der Waals surface area contributed by atoms with E-state index in [9.17, 15) is 4.79 Å². The zero-order valence-corrected chi connectivity index (χ0v) is 15.9. The maximum atomic E-state index is 13.4. The molecule has 2 fully saturated rings. The van der Waals surface area contributed by atoms with Crippen molar-refractivity contribution in [2.24, 2.45) is 18.4 Å². The van der Waals surface area contributed by atoms with E-state index in [1.54, 1.807) is 17.1 Å². The third-order valence-electron chi connectivity index (χ3n) is 6.15. The van der Waals surface area contributed by atoms with Gasteiger partial charge in [0.1, 0.15) is 12.0 Å². The van der Waals surface area contributed by atoms with Gasteiger partial charge in [0.05, 0.1) is 5.56 Å². The van der Waals surface area contributed by atoms with Gasteiger partial charge < -0.3 is 9.47 Å². The van der Waals surface area contributed by atoms with Gasteiger partial charge in [0, 0.05) is 31.2 Å². The molecular weight excluding hydrogens is 326 g/mol. The molecule has 1 atom stereocenters. The zero-order valence-electron chi connectivity index (χ0n) is 15.9. The molecule has 1 saturated heterocycles. The first-order valence-electron chi connectivity index (χ1n) is 9.64. The highest BCUT2D eigenvalue weighted by Gasteiger charge is 2.55. The molecule has 1 aliphatic heterocycles. The fraction of sp³-hybridized carbons (Fsp3) is 0.600. The Bertz CT molecular complexity index is 806. The summed E-state index contributed by atoms with van der Waals surface area (Å²) in [7, 11) is 1.87. The number of amides is 1. The van der Waals surface area contributed by atoms with Crippen molar-refractivity contribution in [3.63, 3.8) is 0 Å². The summed E-state index contributed by atoms with van der Waals surface area (Å²) in [6.07, 6.45) is 9.77.